The minimum Gasteiger partial charge on any atom is -0.491 e. The quantitative estimate of drug-likeness (QED) is 0.430. The van der Waals surface area contributed by atoms with Crippen LogP contribution >= 0.6 is 0 Å². The molecule has 0 aliphatic carbocycles. The van der Waals surface area contributed by atoms with Crippen LogP contribution in [0.5, 0.6) is 5.75 Å². The molecule has 0 amide bonds. The normalized spacial score (nSPS) is 15.1. The van der Waals surface area contributed by atoms with Crippen molar-refractivity contribution in [3.63, 3.8) is 0 Å². The van der Waals surface area contributed by atoms with E-state index in [0.717, 1.165) is 54.9 Å². The van der Waals surface area contributed by atoms with Gasteiger partial charge in [0.15, 0.2) is 5.88 Å². The molecule has 3 rings (SSSR count). The van der Waals surface area contributed by atoms with E-state index >= 15 is 0 Å². The maximum Gasteiger partial charge on any atom is 0.182 e. The number of hydrogen-bond donors (Lipinski definition) is 0. The Balaban J connectivity index is 1.68. The van der Waals surface area contributed by atoms with Crippen molar-refractivity contribution in [2.75, 3.05) is 19.6 Å². The highest BCUT2D eigenvalue weighted by atomic mass is 19.1. The zero-order chi connectivity index (χ0) is 23.1. The Bertz CT molecular complexity index is 874. The maximum atomic E-state index is 13.6. The number of hydrogen-bond acceptors (Lipinski definition) is 4. The largest absolute Gasteiger partial charge is 0.491 e. The van der Waals surface area contributed by atoms with E-state index in [1.54, 1.807) is 6.07 Å². The van der Waals surface area contributed by atoms with Gasteiger partial charge in [-0.2, -0.15) is 0 Å². The topological polar surface area (TPSA) is 24.9 Å². The van der Waals surface area contributed by atoms with E-state index in [4.69, 9.17) is 9.47 Å². The molecule has 0 unspecified atom stereocenters. The van der Waals surface area contributed by atoms with Crippen LogP contribution in [0.3, 0.4) is 0 Å². The van der Waals surface area contributed by atoms with Crippen molar-refractivity contribution >= 4 is 0 Å². The van der Waals surface area contributed by atoms with E-state index in [2.05, 4.69) is 23.3 Å². The zero-order valence-corrected chi connectivity index (χ0v) is 19.9. The maximum absolute atomic E-state index is 13.6. The second kappa shape index (κ2) is 11.4. The van der Waals surface area contributed by atoms with Crippen molar-refractivity contribution in [3.8, 4) is 5.75 Å². The Morgan fingerprint density at radius 1 is 1.16 bits per heavy atom. The molecule has 1 saturated heterocycles. The average molecular weight is 441 g/mol. The number of piperidine rings is 1. The summed E-state index contributed by atoms with van der Waals surface area (Å²) in [5.74, 6) is 1.33. The van der Waals surface area contributed by atoms with E-state index < -0.39 is 0 Å². The molecule has 1 heterocycles. The molecule has 0 saturated carbocycles. The molecular weight excluding hydrogens is 403 g/mol. The summed E-state index contributed by atoms with van der Waals surface area (Å²) >= 11 is 0. The van der Waals surface area contributed by atoms with Gasteiger partial charge < -0.3 is 19.3 Å². The van der Waals surface area contributed by atoms with Gasteiger partial charge in [0.1, 0.15) is 18.2 Å². The standard InChI is InChI=1S/C27H37FN2O2/c1-6-29-15-13-26(14-16-29)30(18-24-9-10-25(28)17-21(24)4)22(5)31-19-23-7-11-27(12-8-23)32-20(2)3/h7-12,17,20,26H,5-6,13-16,18-19H2,1-4H3. The lowest BCUT2D eigenvalue weighted by Gasteiger charge is -2.40. The van der Waals surface area contributed by atoms with Gasteiger partial charge >= 0.3 is 0 Å². The summed E-state index contributed by atoms with van der Waals surface area (Å²) in [5.41, 5.74) is 3.12. The summed E-state index contributed by atoms with van der Waals surface area (Å²) in [7, 11) is 0. The predicted octanol–water partition coefficient (Wildman–Crippen LogP) is 5.90. The van der Waals surface area contributed by atoms with Crippen molar-refractivity contribution in [3.05, 3.63) is 77.4 Å². The van der Waals surface area contributed by atoms with Crippen LogP contribution in [-0.4, -0.2) is 41.6 Å². The van der Waals surface area contributed by atoms with Crippen LogP contribution in [0.4, 0.5) is 4.39 Å². The molecule has 2 aromatic rings. The molecule has 0 aromatic heterocycles. The fraction of sp³-hybridized carbons (Fsp3) is 0.481. The molecule has 174 valence electrons. The van der Waals surface area contributed by atoms with Crippen molar-refractivity contribution in [1.29, 1.82) is 0 Å². The number of likely N-dealkylation sites (tertiary alicyclic amines) is 1. The Kier molecular flexibility index (Phi) is 8.57. The highest BCUT2D eigenvalue weighted by Crippen LogP contribution is 2.25. The Labute approximate surface area is 192 Å². The monoisotopic (exact) mass is 440 g/mol. The van der Waals surface area contributed by atoms with Crippen LogP contribution in [0.1, 0.15) is 50.3 Å². The third-order valence-electron chi connectivity index (χ3n) is 6.11. The fourth-order valence-corrected chi connectivity index (χ4v) is 4.17. The lowest BCUT2D eigenvalue weighted by Crippen LogP contribution is -2.44. The molecular formula is C27H37FN2O2. The van der Waals surface area contributed by atoms with Gasteiger partial charge in [-0.15, -0.1) is 0 Å². The first-order chi connectivity index (χ1) is 15.4. The second-order valence-electron chi connectivity index (χ2n) is 8.86. The number of ether oxygens (including phenoxy) is 2. The van der Waals surface area contributed by atoms with Gasteiger partial charge in [0, 0.05) is 25.7 Å². The first-order valence-corrected chi connectivity index (χ1v) is 11.7. The lowest BCUT2D eigenvalue weighted by atomic mass is 10.0. The first-order valence-electron chi connectivity index (χ1n) is 11.7. The first kappa shape index (κ1) is 24.1. The molecule has 32 heavy (non-hydrogen) atoms. The third kappa shape index (κ3) is 6.73. The van der Waals surface area contributed by atoms with Gasteiger partial charge in [0.25, 0.3) is 0 Å². The summed E-state index contributed by atoms with van der Waals surface area (Å²) in [5, 5.41) is 0. The smallest absolute Gasteiger partial charge is 0.182 e. The summed E-state index contributed by atoms with van der Waals surface area (Å²) < 4.78 is 25.5. The molecule has 0 radical (unpaired) electrons. The van der Waals surface area contributed by atoms with E-state index in [1.165, 1.54) is 6.07 Å². The van der Waals surface area contributed by atoms with Gasteiger partial charge in [0.05, 0.1) is 6.10 Å². The number of benzene rings is 2. The molecule has 0 atom stereocenters. The average Bonchev–Trinajstić information content (AvgIpc) is 2.78. The van der Waals surface area contributed by atoms with Crippen LogP contribution in [-0.2, 0) is 17.9 Å². The van der Waals surface area contributed by atoms with Gasteiger partial charge in [-0.3, -0.25) is 0 Å². The highest BCUT2D eigenvalue weighted by Gasteiger charge is 2.26. The SMILES string of the molecule is C=C(OCc1ccc(OC(C)C)cc1)N(Cc1ccc(F)cc1C)C1CCN(CC)CC1. The van der Waals surface area contributed by atoms with Gasteiger partial charge in [-0.25, -0.2) is 4.39 Å². The summed E-state index contributed by atoms with van der Waals surface area (Å²) in [6, 6.07) is 13.4. The summed E-state index contributed by atoms with van der Waals surface area (Å²) in [6.45, 7) is 16.8. The molecule has 1 aliphatic heterocycles. The Hall–Kier alpha value is -2.53. The number of rotatable bonds is 10. The minimum atomic E-state index is -0.200. The van der Waals surface area contributed by atoms with E-state index in [9.17, 15) is 4.39 Å². The highest BCUT2D eigenvalue weighted by molar-refractivity contribution is 5.28. The predicted molar refractivity (Wildman–Crippen MR) is 128 cm³/mol. The van der Waals surface area contributed by atoms with Crippen LogP contribution in [0.2, 0.25) is 0 Å². The van der Waals surface area contributed by atoms with Crippen molar-refractivity contribution in [2.45, 2.75) is 65.8 Å². The third-order valence-corrected chi connectivity index (χ3v) is 6.11. The van der Waals surface area contributed by atoms with Crippen molar-refractivity contribution in [2.24, 2.45) is 0 Å². The Morgan fingerprint density at radius 3 is 2.44 bits per heavy atom. The van der Waals surface area contributed by atoms with E-state index in [1.807, 2.05) is 51.1 Å². The molecule has 4 nitrogen and oxygen atoms in total. The molecule has 1 aliphatic rings. The molecule has 5 heteroatoms. The van der Waals surface area contributed by atoms with E-state index in [0.29, 0.717) is 25.1 Å². The van der Waals surface area contributed by atoms with Crippen LogP contribution in [0.25, 0.3) is 0 Å². The van der Waals surface area contributed by atoms with Crippen LogP contribution in [0, 0.1) is 12.7 Å². The molecule has 0 N–H and O–H groups in total. The summed E-state index contributed by atoms with van der Waals surface area (Å²) in [6.07, 6.45) is 2.29. The van der Waals surface area contributed by atoms with Crippen LogP contribution < -0.4 is 4.74 Å². The molecule has 0 spiro atoms. The zero-order valence-electron chi connectivity index (χ0n) is 19.9. The number of aryl methyl sites for hydroxylation is 1. The number of nitrogens with zero attached hydrogens (tertiary/aromatic N) is 2. The Morgan fingerprint density at radius 2 is 1.84 bits per heavy atom. The van der Waals surface area contributed by atoms with Gasteiger partial charge in [0.2, 0.25) is 0 Å². The summed E-state index contributed by atoms with van der Waals surface area (Å²) in [4.78, 5) is 4.74. The second-order valence-corrected chi connectivity index (χ2v) is 8.86. The van der Waals surface area contributed by atoms with Gasteiger partial charge in [-0.05, 0) is 87.7 Å². The van der Waals surface area contributed by atoms with Gasteiger partial charge in [-0.1, -0.05) is 25.1 Å². The molecule has 0 bridgehead atoms. The van der Waals surface area contributed by atoms with Crippen LogP contribution in [0.15, 0.2) is 54.9 Å². The number of halogens is 1. The minimum absolute atomic E-state index is 0.152. The van der Waals surface area contributed by atoms with Crippen molar-refractivity contribution < 1.29 is 13.9 Å². The molecule has 1 fully saturated rings. The molecule has 2 aromatic carbocycles. The van der Waals surface area contributed by atoms with E-state index in [-0.39, 0.29) is 11.9 Å². The fourth-order valence-electron chi connectivity index (χ4n) is 4.17. The van der Waals surface area contributed by atoms with Crippen molar-refractivity contribution in [1.82, 2.24) is 9.80 Å². The lowest BCUT2D eigenvalue weighted by molar-refractivity contribution is 0.0462.